The molecule has 1 aliphatic heterocycles. The van der Waals surface area contributed by atoms with E-state index in [4.69, 9.17) is 14.7 Å². The molecule has 0 saturated carbocycles. The summed E-state index contributed by atoms with van der Waals surface area (Å²) in [6.07, 6.45) is 0. The van der Waals surface area contributed by atoms with E-state index in [0.29, 0.717) is 37.6 Å². The molecule has 2 heterocycles. The topological polar surface area (TPSA) is 58.6 Å². The molecule has 3 aromatic carbocycles. The monoisotopic (exact) mass is 442 g/mol. The average molecular weight is 442 g/mol. The number of benzene rings is 3. The highest BCUT2D eigenvalue weighted by atomic mass is 19.1. The molecule has 0 aliphatic carbocycles. The number of rotatable bonds is 4. The van der Waals surface area contributed by atoms with Crippen molar-refractivity contribution in [3.05, 3.63) is 84.2 Å². The van der Waals surface area contributed by atoms with Crippen LogP contribution in [0.2, 0.25) is 0 Å². The Hall–Kier alpha value is -4.00. The first-order valence-electron chi connectivity index (χ1n) is 10.8. The van der Waals surface area contributed by atoms with Crippen molar-refractivity contribution in [3.63, 3.8) is 0 Å². The van der Waals surface area contributed by atoms with Gasteiger partial charge in [0.15, 0.2) is 5.82 Å². The van der Waals surface area contributed by atoms with Gasteiger partial charge in [0.25, 0.3) is 5.91 Å². The lowest BCUT2D eigenvalue weighted by Gasteiger charge is -2.36. The smallest absolute Gasteiger partial charge is 0.253 e. The van der Waals surface area contributed by atoms with Gasteiger partial charge in [0, 0.05) is 42.7 Å². The Labute approximate surface area is 191 Å². The van der Waals surface area contributed by atoms with Crippen LogP contribution in [0.15, 0.2) is 72.8 Å². The summed E-state index contributed by atoms with van der Waals surface area (Å²) in [5, 5.41) is 0.980. The Morgan fingerprint density at radius 2 is 1.58 bits per heavy atom. The summed E-state index contributed by atoms with van der Waals surface area (Å²) in [5.74, 6) is 1.86. The molecule has 0 radical (unpaired) electrons. The number of anilines is 1. The minimum atomic E-state index is -0.348. The van der Waals surface area contributed by atoms with Crippen molar-refractivity contribution in [1.82, 2.24) is 14.9 Å². The second-order valence-electron chi connectivity index (χ2n) is 7.90. The lowest BCUT2D eigenvalue weighted by atomic mass is 10.1. The molecule has 4 aromatic rings. The van der Waals surface area contributed by atoms with Gasteiger partial charge < -0.3 is 14.5 Å². The molecule has 0 atom stereocenters. The summed E-state index contributed by atoms with van der Waals surface area (Å²) in [7, 11) is 1.64. The summed E-state index contributed by atoms with van der Waals surface area (Å²) in [4.78, 5) is 26.5. The summed E-state index contributed by atoms with van der Waals surface area (Å²) in [6, 6.07) is 21.4. The number of fused-ring (bicyclic) bond motifs is 1. The lowest BCUT2D eigenvalue weighted by molar-refractivity contribution is 0.0746. The van der Waals surface area contributed by atoms with Crippen molar-refractivity contribution in [2.45, 2.75) is 0 Å². The van der Waals surface area contributed by atoms with E-state index in [1.165, 1.54) is 24.3 Å². The molecule has 0 unspecified atom stereocenters. The van der Waals surface area contributed by atoms with E-state index in [-0.39, 0.29) is 11.7 Å². The predicted octanol–water partition coefficient (Wildman–Crippen LogP) is 4.41. The number of carbonyl (C=O) groups is 1. The van der Waals surface area contributed by atoms with Gasteiger partial charge in [-0.05, 0) is 60.7 Å². The first kappa shape index (κ1) is 20.9. The number of aromatic nitrogens is 2. The molecule has 1 amide bonds. The van der Waals surface area contributed by atoms with Crippen molar-refractivity contribution in [2.75, 3.05) is 38.2 Å². The number of hydrogen-bond acceptors (Lipinski definition) is 5. The Bertz CT molecular complexity index is 1280. The van der Waals surface area contributed by atoms with Gasteiger partial charge in [-0.2, -0.15) is 0 Å². The van der Waals surface area contributed by atoms with Gasteiger partial charge in [0.05, 0.1) is 12.6 Å². The second kappa shape index (κ2) is 8.86. The maximum Gasteiger partial charge on any atom is 0.253 e. The number of halogens is 1. The third-order valence-electron chi connectivity index (χ3n) is 5.89. The van der Waals surface area contributed by atoms with Crippen LogP contribution in [0.1, 0.15) is 10.4 Å². The van der Waals surface area contributed by atoms with E-state index in [1.807, 2.05) is 48.5 Å². The minimum absolute atomic E-state index is 0.0823. The molecule has 166 valence electrons. The van der Waals surface area contributed by atoms with Crippen LogP contribution in [0.5, 0.6) is 5.75 Å². The van der Waals surface area contributed by atoms with Crippen LogP contribution in [-0.2, 0) is 0 Å². The van der Waals surface area contributed by atoms with Crippen molar-refractivity contribution >= 4 is 22.6 Å². The quantitative estimate of drug-likeness (QED) is 0.469. The Morgan fingerprint density at radius 3 is 2.27 bits per heavy atom. The van der Waals surface area contributed by atoms with Crippen LogP contribution < -0.4 is 9.64 Å². The third kappa shape index (κ3) is 4.22. The first-order valence-corrected chi connectivity index (χ1v) is 10.8. The van der Waals surface area contributed by atoms with Gasteiger partial charge in [0.1, 0.15) is 17.4 Å². The van der Waals surface area contributed by atoms with Gasteiger partial charge in [-0.15, -0.1) is 0 Å². The average Bonchev–Trinajstić information content (AvgIpc) is 2.88. The zero-order valence-corrected chi connectivity index (χ0v) is 18.2. The fraction of sp³-hybridized carbons (Fsp3) is 0.192. The van der Waals surface area contributed by atoms with E-state index in [2.05, 4.69) is 4.90 Å². The van der Waals surface area contributed by atoms with E-state index in [1.54, 1.807) is 12.0 Å². The molecule has 0 N–H and O–H groups in total. The van der Waals surface area contributed by atoms with Crippen LogP contribution in [-0.4, -0.2) is 54.1 Å². The number of methoxy groups -OCH3 is 1. The van der Waals surface area contributed by atoms with Crippen molar-refractivity contribution in [3.8, 4) is 17.1 Å². The number of amides is 1. The number of hydrogen-bond donors (Lipinski definition) is 0. The molecular formula is C26H23FN4O2. The standard InChI is InChI=1S/C26H23FN4O2/c1-33-21-12-8-18(9-13-21)24-28-23-5-3-2-4-22(23)25(29-24)30-14-16-31(17-15-30)26(32)19-6-10-20(27)11-7-19/h2-13H,14-17H2,1H3. The summed E-state index contributed by atoms with van der Waals surface area (Å²) >= 11 is 0. The largest absolute Gasteiger partial charge is 0.497 e. The van der Waals surface area contributed by atoms with Gasteiger partial charge in [0.2, 0.25) is 0 Å². The SMILES string of the molecule is COc1ccc(-c2nc(N3CCN(C(=O)c4ccc(F)cc4)CC3)c3ccccc3n2)cc1. The highest BCUT2D eigenvalue weighted by Crippen LogP contribution is 2.29. The van der Waals surface area contributed by atoms with Gasteiger partial charge in [-0.3, -0.25) is 4.79 Å². The number of piperazine rings is 1. The Kier molecular flexibility index (Phi) is 5.60. The maximum absolute atomic E-state index is 13.2. The fourth-order valence-electron chi connectivity index (χ4n) is 4.07. The van der Waals surface area contributed by atoms with Crippen molar-refractivity contribution in [1.29, 1.82) is 0 Å². The second-order valence-corrected chi connectivity index (χ2v) is 7.90. The van der Waals surface area contributed by atoms with Gasteiger partial charge >= 0.3 is 0 Å². The molecule has 6 nitrogen and oxygen atoms in total. The van der Waals surface area contributed by atoms with E-state index in [9.17, 15) is 9.18 Å². The molecule has 0 bridgehead atoms. The lowest BCUT2D eigenvalue weighted by Crippen LogP contribution is -2.49. The van der Waals surface area contributed by atoms with Crippen LogP contribution >= 0.6 is 0 Å². The van der Waals surface area contributed by atoms with Crippen molar-refractivity contribution < 1.29 is 13.9 Å². The maximum atomic E-state index is 13.2. The van der Waals surface area contributed by atoms with Gasteiger partial charge in [-0.1, -0.05) is 12.1 Å². The zero-order valence-electron chi connectivity index (χ0n) is 18.2. The number of carbonyl (C=O) groups excluding carboxylic acids is 1. The molecule has 1 fully saturated rings. The number of ether oxygens (including phenoxy) is 1. The molecule has 0 spiro atoms. The number of para-hydroxylation sites is 1. The highest BCUT2D eigenvalue weighted by molar-refractivity contribution is 5.95. The molecule has 1 aromatic heterocycles. The molecule has 1 saturated heterocycles. The molecule has 7 heteroatoms. The van der Waals surface area contributed by atoms with Crippen LogP contribution in [0.4, 0.5) is 10.2 Å². The summed E-state index contributed by atoms with van der Waals surface area (Å²) in [5.41, 5.74) is 2.28. The Morgan fingerprint density at radius 1 is 0.879 bits per heavy atom. The third-order valence-corrected chi connectivity index (χ3v) is 5.89. The summed E-state index contributed by atoms with van der Waals surface area (Å²) in [6.45, 7) is 2.42. The Balaban J connectivity index is 1.41. The summed E-state index contributed by atoms with van der Waals surface area (Å²) < 4.78 is 18.5. The molecule has 33 heavy (non-hydrogen) atoms. The van der Waals surface area contributed by atoms with Crippen molar-refractivity contribution in [2.24, 2.45) is 0 Å². The molecule has 1 aliphatic rings. The van der Waals surface area contributed by atoms with Gasteiger partial charge in [-0.25, -0.2) is 14.4 Å². The van der Waals surface area contributed by atoms with Crippen LogP contribution in [0.3, 0.4) is 0 Å². The molecular weight excluding hydrogens is 419 g/mol. The zero-order chi connectivity index (χ0) is 22.8. The predicted molar refractivity (Wildman–Crippen MR) is 126 cm³/mol. The van der Waals surface area contributed by atoms with E-state index < -0.39 is 0 Å². The molecule has 5 rings (SSSR count). The fourth-order valence-corrected chi connectivity index (χ4v) is 4.07. The van der Waals surface area contributed by atoms with Crippen LogP contribution in [0, 0.1) is 5.82 Å². The highest BCUT2D eigenvalue weighted by Gasteiger charge is 2.24. The van der Waals surface area contributed by atoms with Crippen LogP contribution in [0.25, 0.3) is 22.3 Å². The minimum Gasteiger partial charge on any atom is -0.497 e. The van der Waals surface area contributed by atoms with E-state index in [0.717, 1.165) is 28.0 Å². The first-order chi connectivity index (χ1) is 16.1. The normalized spacial score (nSPS) is 13.9. The van der Waals surface area contributed by atoms with E-state index >= 15 is 0 Å². The number of nitrogens with zero attached hydrogens (tertiary/aromatic N) is 4.